The van der Waals surface area contributed by atoms with Gasteiger partial charge in [-0.3, -0.25) is 9.79 Å². The van der Waals surface area contributed by atoms with E-state index in [0.717, 1.165) is 60.1 Å². The maximum absolute atomic E-state index is 12.1. The molecule has 28 heavy (non-hydrogen) atoms. The lowest BCUT2D eigenvalue weighted by molar-refractivity contribution is 0.122. The number of H-pyrrole nitrogens is 1. The van der Waals surface area contributed by atoms with Crippen molar-refractivity contribution in [1.82, 2.24) is 15.0 Å². The summed E-state index contributed by atoms with van der Waals surface area (Å²) in [6, 6.07) is 10.0. The van der Waals surface area contributed by atoms with Gasteiger partial charge in [0.1, 0.15) is 11.5 Å². The summed E-state index contributed by atoms with van der Waals surface area (Å²) in [7, 11) is 0. The van der Waals surface area contributed by atoms with Crippen LogP contribution in [0, 0.1) is 0 Å². The summed E-state index contributed by atoms with van der Waals surface area (Å²) < 4.78 is 5.44. The number of nitrogens with zero attached hydrogens (tertiary/aromatic N) is 4. The molecule has 0 atom stereocenters. The molecule has 5 rings (SSSR count). The van der Waals surface area contributed by atoms with Crippen LogP contribution < -0.4 is 10.5 Å². The van der Waals surface area contributed by atoms with Crippen molar-refractivity contribution in [2.45, 2.75) is 6.54 Å². The second kappa shape index (κ2) is 7.01. The highest BCUT2D eigenvalue weighted by Crippen LogP contribution is 2.28. The summed E-state index contributed by atoms with van der Waals surface area (Å²) in [5.74, 6) is 0.939. The fourth-order valence-electron chi connectivity index (χ4n) is 3.67. The maximum atomic E-state index is 12.1. The highest BCUT2D eigenvalue weighted by Gasteiger charge is 2.21. The molecule has 3 aromatic rings. The molecule has 0 radical (unpaired) electrons. The topological polar surface area (TPSA) is 83.5 Å². The molecule has 1 N–H and O–H groups in total. The van der Waals surface area contributed by atoms with Gasteiger partial charge in [0, 0.05) is 48.4 Å². The quantitative estimate of drug-likeness (QED) is 0.759. The van der Waals surface area contributed by atoms with Crippen LogP contribution in [-0.2, 0) is 11.3 Å². The molecule has 7 nitrogen and oxygen atoms in total. The lowest BCUT2D eigenvalue weighted by Crippen LogP contribution is -2.36. The van der Waals surface area contributed by atoms with Gasteiger partial charge in [-0.2, -0.15) is 0 Å². The van der Waals surface area contributed by atoms with Crippen LogP contribution in [0.4, 0.5) is 5.82 Å². The van der Waals surface area contributed by atoms with Gasteiger partial charge in [0.2, 0.25) is 0 Å². The van der Waals surface area contributed by atoms with Crippen LogP contribution in [0.3, 0.4) is 0 Å². The van der Waals surface area contributed by atoms with Gasteiger partial charge in [-0.1, -0.05) is 12.1 Å². The van der Waals surface area contributed by atoms with Crippen molar-refractivity contribution in [3.63, 3.8) is 0 Å². The highest BCUT2D eigenvalue weighted by atomic mass is 16.5. The molecule has 4 heterocycles. The number of aliphatic imine (C=N–C) groups is 1. The Kier molecular flexibility index (Phi) is 4.21. The predicted molar refractivity (Wildman–Crippen MR) is 107 cm³/mol. The van der Waals surface area contributed by atoms with E-state index < -0.39 is 0 Å². The zero-order valence-corrected chi connectivity index (χ0v) is 15.3. The van der Waals surface area contributed by atoms with E-state index in [1.165, 1.54) is 6.20 Å². The molecule has 1 fully saturated rings. The third kappa shape index (κ3) is 2.99. The zero-order valence-electron chi connectivity index (χ0n) is 15.3. The van der Waals surface area contributed by atoms with Crippen molar-refractivity contribution < 1.29 is 4.74 Å². The Hall–Kier alpha value is -3.32. The molecule has 0 amide bonds. The third-order valence-electron chi connectivity index (χ3n) is 5.11. The number of aromatic nitrogens is 3. The number of morpholine rings is 1. The number of nitrogens with one attached hydrogen (secondary N) is 1. The normalized spacial score (nSPS) is 16.0. The van der Waals surface area contributed by atoms with Gasteiger partial charge < -0.3 is 14.6 Å². The van der Waals surface area contributed by atoms with Crippen molar-refractivity contribution in [2.24, 2.45) is 4.99 Å². The van der Waals surface area contributed by atoms with Gasteiger partial charge in [-0.15, -0.1) is 0 Å². The number of aromatic amines is 1. The van der Waals surface area contributed by atoms with Crippen LogP contribution in [0.2, 0.25) is 0 Å². The smallest absolute Gasteiger partial charge is 0.274 e. The second-order valence-electron chi connectivity index (χ2n) is 6.81. The number of hydrogen-bond donors (Lipinski definition) is 1. The Balaban J connectivity index is 1.52. The largest absolute Gasteiger partial charge is 0.378 e. The van der Waals surface area contributed by atoms with Gasteiger partial charge in [-0.05, 0) is 23.8 Å². The molecule has 2 aromatic heterocycles. The van der Waals surface area contributed by atoms with Crippen molar-refractivity contribution >= 4 is 11.5 Å². The Labute approximate surface area is 161 Å². The summed E-state index contributed by atoms with van der Waals surface area (Å²) in [5, 5.41) is 0. The Morgan fingerprint density at radius 3 is 2.75 bits per heavy atom. The molecule has 0 unspecified atom stereocenters. The highest BCUT2D eigenvalue weighted by molar-refractivity contribution is 6.15. The molecule has 2 aliphatic rings. The van der Waals surface area contributed by atoms with Crippen LogP contribution >= 0.6 is 0 Å². The summed E-state index contributed by atoms with van der Waals surface area (Å²) >= 11 is 0. The van der Waals surface area contributed by atoms with E-state index in [9.17, 15) is 4.79 Å². The van der Waals surface area contributed by atoms with E-state index in [1.807, 2.05) is 30.5 Å². The molecule has 0 bridgehead atoms. The van der Waals surface area contributed by atoms with Gasteiger partial charge in [0.25, 0.3) is 5.56 Å². The molecule has 0 aliphatic carbocycles. The van der Waals surface area contributed by atoms with E-state index in [-0.39, 0.29) is 5.56 Å². The molecule has 1 aromatic carbocycles. The summed E-state index contributed by atoms with van der Waals surface area (Å²) in [6.07, 6.45) is 4.96. The van der Waals surface area contributed by atoms with Gasteiger partial charge >= 0.3 is 0 Å². The number of anilines is 1. The third-order valence-corrected chi connectivity index (χ3v) is 5.11. The summed E-state index contributed by atoms with van der Waals surface area (Å²) in [4.78, 5) is 30.5. The average Bonchev–Trinajstić information content (AvgIpc) is 3.18. The first kappa shape index (κ1) is 16.8. The van der Waals surface area contributed by atoms with Crippen LogP contribution in [0.1, 0.15) is 16.7 Å². The van der Waals surface area contributed by atoms with E-state index in [0.29, 0.717) is 12.2 Å². The fraction of sp³-hybridized carbons (Fsp3) is 0.238. The van der Waals surface area contributed by atoms with Crippen LogP contribution in [0.5, 0.6) is 0 Å². The Morgan fingerprint density at radius 2 is 1.89 bits per heavy atom. The summed E-state index contributed by atoms with van der Waals surface area (Å²) in [6.45, 7) is 3.76. The summed E-state index contributed by atoms with van der Waals surface area (Å²) in [5.41, 5.74) is 5.16. The Bertz CT molecular complexity index is 1120. The number of benzene rings is 1. The molecule has 1 saturated heterocycles. The molecule has 0 spiro atoms. The van der Waals surface area contributed by atoms with Crippen molar-refractivity contribution in [3.8, 4) is 11.3 Å². The molecular weight excluding hydrogens is 354 g/mol. The molecule has 0 saturated carbocycles. The van der Waals surface area contributed by atoms with Crippen LogP contribution in [-0.4, -0.2) is 47.0 Å². The molecular formula is C21H19N5O2. The first-order valence-electron chi connectivity index (χ1n) is 9.30. The Morgan fingerprint density at radius 1 is 1.00 bits per heavy atom. The van der Waals surface area contributed by atoms with Crippen molar-refractivity contribution in [2.75, 3.05) is 31.2 Å². The lowest BCUT2D eigenvalue weighted by atomic mass is 9.97. The van der Waals surface area contributed by atoms with E-state index in [4.69, 9.17) is 9.73 Å². The SMILES string of the molecule is O=c1[nH]ccnc1-c1ccc2c(c1)C(c1ccnc(N3CCOCC3)c1)=NC2. The minimum absolute atomic E-state index is 0.197. The minimum Gasteiger partial charge on any atom is -0.378 e. The standard InChI is InChI=1S/C21H19N5O2/c27-21-20(23-5-6-24-21)14-1-2-16-13-25-19(17(16)11-14)15-3-4-22-18(12-15)26-7-9-28-10-8-26/h1-6,11-12H,7-10,13H2,(H,24,27). The minimum atomic E-state index is -0.197. The fourth-order valence-corrected chi connectivity index (χ4v) is 3.67. The average molecular weight is 373 g/mol. The number of hydrogen-bond acceptors (Lipinski definition) is 6. The number of ether oxygens (including phenoxy) is 1. The van der Waals surface area contributed by atoms with Crippen LogP contribution in [0.15, 0.2) is 58.7 Å². The molecule has 140 valence electrons. The first-order valence-corrected chi connectivity index (χ1v) is 9.30. The van der Waals surface area contributed by atoms with E-state index >= 15 is 0 Å². The first-order chi connectivity index (χ1) is 13.8. The van der Waals surface area contributed by atoms with Crippen LogP contribution in [0.25, 0.3) is 11.3 Å². The molecule has 7 heteroatoms. The van der Waals surface area contributed by atoms with Crippen molar-refractivity contribution in [3.05, 3.63) is 76.0 Å². The second-order valence-corrected chi connectivity index (χ2v) is 6.81. The number of fused-ring (bicyclic) bond motifs is 1. The maximum Gasteiger partial charge on any atom is 0.274 e. The number of rotatable bonds is 3. The van der Waals surface area contributed by atoms with Crippen molar-refractivity contribution in [1.29, 1.82) is 0 Å². The van der Waals surface area contributed by atoms with E-state index in [1.54, 1.807) is 6.20 Å². The van der Waals surface area contributed by atoms with E-state index in [2.05, 4.69) is 25.9 Å². The zero-order chi connectivity index (χ0) is 18.9. The lowest BCUT2D eigenvalue weighted by Gasteiger charge is -2.28. The van der Waals surface area contributed by atoms with Gasteiger partial charge in [0.15, 0.2) is 0 Å². The monoisotopic (exact) mass is 373 g/mol. The van der Waals surface area contributed by atoms with Gasteiger partial charge in [0.05, 0.1) is 25.5 Å². The predicted octanol–water partition coefficient (Wildman–Crippen LogP) is 2.02. The van der Waals surface area contributed by atoms with Gasteiger partial charge in [-0.25, -0.2) is 9.97 Å². The molecule has 2 aliphatic heterocycles. The number of pyridine rings is 1.